The highest BCUT2D eigenvalue weighted by atomic mass is 79.9. The number of hydrogen-bond acceptors (Lipinski definition) is 6. The highest BCUT2D eigenvalue weighted by Gasteiger charge is 2.45. The summed E-state index contributed by atoms with van der Waals surface area (Å²) in [4.78, 5) is 41.3. The maximum Gasteiger partial charge on any atom is 0.294 e. The Bertz CT molecular complexity index is 1040. The van der Waals surface area contributed by atoms with Crippen molar-refractivity contribution in [1.29, 1.82) is 0 Å². The van der Waals surface area contributed by atoms with Gasteiger partial charge in [-0.2, -0.15) is 0 Å². The van der Waals surface area contributed by atoms with Crippen LogP contribution in [0.3, 0.4) is 0 Å². The zero-order valence-electron chi connectivity index (χ0n) is 20.9. The van der Waals surface area contributed by atoms with Gasteiger partial charge in [0.25, 0.3) is 17.5 Å². The van der Waals surface area contributed by atoms with Crippen molar-refractivity contribution >= 4 is 39.1 Å². The van der Waals surface area contributed by atoms with Gasteiger partial charge in [0.05, 0.1) is 16.6 Å². The number of benzene rings is 1. The van der Waals surface area contributed by atoms with Crippen LogP contribution in [-0.4, -0.2) is 77.9 Å². The number of amides is 2. The van der Waals surface area contributed by atoms with Crippen LogP contribution in [0.2, 0.25) is 0 Å². The first-order chi connectivity index (χ1) is 17.6. The van der Waals surface area contributed by atoms with E-state index in [2.05, 4.69) is 21.2 Å². The van der Waals surface area contributed by atoms with E-state index in [1.807, 2.05) is 0 Å². The third-order valence-corrected chi connectivity index (χ3v) is 7.99. The summed E-state index contributed by atoms with van der Waals surface area (Å²) in [6.07, 6.45) is 2.71. The van der Waals surface area contributed by atoms with E-state index in [0.29, 0.717) is 36.9 Å². The van der Waals surface area contributed by atoms with Crippen LogP contribution >= 0.6 is 15.9 Å². The number of hydrogen-bond donors (Lipinski definition) is 1. The molecule has 2 amide bonds. The number of halogens is 3. The molecule has 204 valence electrons. The monoisotopic (exact) mass is 586 g/mol. The van der Waals surface area contributed by atoms with Gasteiger partial charge in [-0.25, -0.2) is 8.78 Å². The second-order valence-corrected chi connectivity index (χ2v) is 11.2. The number of ether oxygens (including phenoxy) is 1. The van der Waals surface area contributed by atoms with Crippen LogP contribution in [0.15, 0.2) is 16.6 Å². The molecule has 12 heteroatoms. The van der Waals surface area contributed by atoms with Gasteiger partial charge in [-0.05, 0) is 44.6 Å². The average molecular weight is 587 g/mol. The number of alkyl halides is 2. The first-order valence-electron chi connectivity index (χ1n) is 12.8. The van der Waals surface area contributed by atoms with Crippen molar-refractivity contribution in [3.8, 4) is 0 Å². The van der Waals surface area contributed by atoms with Gasteiger partial charge in [-0.15, -0.1) is 0 Å². The smallest absolute Gasteiger partial charge is 0.294 e. The van der Waals surface area contributed by atoms with E-state index in [9.17, 15) is 28.5 Å². The van der Waals surface area contributed by atoms with Crippen LogP contribution in [0.4, 0.5) is 20.2 Å². The van der Waals surface area contributed by atoms with Gasteiger partial charge in [0.2, 0.25) is 5.91 Å². The van der Waals surface area contributed by atoms with Crippen molar-refractivity contribution in [1.82, 2.24) is 9.80 Å². The minimum Gasteiger partial charge on any atom is -0.381 e. The number of anilines is 1. The SMILES string of the molecule is COC1CC(C(=O)N2CCC[C@@H](Nc3c(C(=O)N4CCCCC4)cc(Br)cc3[N+](=O)[O-])C2)CC(F)(F)C1. The van der Waals surface area contributed by atoms with Gasteiger partial charge >= 0.3 is 0 Å². The Morgan fingerprint density at radius 1 is 1.14 bits per heavy atom. The molecule has 4 rings (SSSR count). The Labute approximate surface area is 223 Å². The molecule has 3 aliphatic rings. The molecule has 1 aromatic carbocycles. The maximum absolute atomic E-state index is 14.2. The van der Waals surface area contributed by atoms with E-state index < -0.39 is 35.7 Å². The first kappa shape index (κ1) is 27.7. The van der Waals surface area contributed by atoms with Gasteiger partial charge < -0.3 is 19.9 Å². The Morgan fingerprint density at radius 3 is 2.51 bits per heavy atom. The summed E-state index contributed by atoms with van der Waals surface area (Å²) in [5, 5.41) is 15.1. The summed E-state index contributed by atoms with van der Waals surface area (Å²) in [6.45, 7) is 1.83. The van der Waals surface area contributed by atoms with E-state index in [0.717, 1.165) is 19.3 Å². The number of likely N-dealkylation sites (tertiary alicyclic amines) is 2. The fraction of sp³-hybridized carbons (Fsp3) is 0.680. The topological polar surface area (TPSA) is 105 Å². The van der Waals surface area contributed by atoms with Gasteiger partial charge in [-0.1, -0.05) is 15.9 Å². The lowest BCUT2D eigenvalue weighted by Crippen LogP contribution is -2.50. The number of piperidine rings is 2. The second-order valence-electron chi connectivity index (χ2n) is 10.3. The maximum atomic E-state index is 14.2. The van der Waals surface area contributed by atoms with Gasteiger partial charge in [0.15, 0.2) is 0 Å². The summed E-state index contributed by atoms with van der Waals surface area (Å²) in [7, 11) is 1.38. The molecule has 0 bridgehead atoms. The number of carbonyl (C=O) groups excluding carboxylic acids is 2. The average Bonchev–Trinajstić information content (AvgIpc) is 2.88. The lowest BCUT2D eigenvalue weighted by Gasteiger charge is -2.39. The van der Waals surface area contributed by atoms with E-state index in [-0.39, 0.29) is 47.8 Å². The number of nitrogens with one attached hydrogen (secondary N) is 1. The van der Waals surface area contributed by atoms with Gasteiger partial charge in [0.1, 0.15) is 5.69 Å². The summed E-state index contributed by atoms with van der Waals surface area (Å²) in [5.74, 6) is -4.42. The first-order valence-corrected chi connectivity index (χ1v) is 13.6. The highest BCUT2D eigenvalue weighted by Crippen LogP contribution is 2.39. The lowest BCUT2D eigenvalue weighted by molar-refractivity contribution is -0.384. The molecule has 3 atom stereocenters. The fourth-order valence-electron chi connectivity index (χ4n) is 5.71. The molecular weight excluding hydrogens is 554 g/mol. The van der Waals surface area contributed by atoms with Crippen LogP contribution in [0.25, 0.3) is 0 Å². The molecule has 0 aromatic heterocycles. The molecule has 1 N–H and O–H groups in total. The van der Waals surface area contributed by atoms with Crippen molar-refractivity contribution in [2.75, 3.05) is 38.6 Å². The lowest BCUT2D eigenvalue weighted by atomic mass is 9.83. The number of nitro benzene ring substituents is 1. The van der Waals surface area contributed by atoms with Crippen molar-refractivity contribution in [3.05, 3.63) is 32.3 Å². The predicted octanol–water partition coefficient (Wildman–Crippen LogP) is 4.84. The third kappa shape index (κ3) is 6.57. The van der Waals surface area contributed by atoms with Crippen molar-refractivity contribution in [3.63, 3.8) is 0 Å². The normalized spacial score (nSPS) is 26.0. The van der Waals surface area contributed by atoms with Gasteiger partial charge in [0, 0.05) is 68.6 Å². The van der Waals surface area contributed by atoms with Crippen LogP contribution in [0.5, 0.6) is 0 Å². The number of methoxy groups -OCH3 is 1. The molecule has 2 unspecified atom stereocenters. The minimum absolute atomic E-state index is 0.131. The van der Waals surface area contributed by atoms with Crippen LogP contribution in [0.1, 0.15) is 61.7 Å². The molecule has 1 saturated carbocycles. The van der Waals surface area contributed by atoms with Crippen LogP contribution < -0.4 is 5.32 Å². The van der Waals surface area contributed by atoms with Crippen molar-refractivity contribution in [2.45, 2.75) is 69.4 Å². The number of nitro groups is 1. The number of nitrogens with zero attached hydrogens (tertiary/aromatic N) is 3. The van der Waals surface area contributed by atoms with E-state index in [1.165, 1.54) is 13.2 Å². The molecule has 3 fully saturated rings. The van der Waals surface area contributed by atoms with Crippen LogP contribution in [-0.2, 0) is 9.53 Å². The second kappa shape index (κ2) is 11.6. The molecule has 1 aliphatic carbocycles. The van der Waals surface area contributed by atoms with E-state index in [4.69, 9.17) is 4.74 Å². The molecular formula is C25H33BrF2N4O5. The Morgan fingerprint density at radius 2 is 1.84 bits per heavy atom. The zero-order valence-corrected chi connectivity index (χ0v) is 22.5. The predicted molar refractivity (Wildman–Crippen MR) is 137 cm³/mol. The zero-order chi connectivity index (χ0) is 26.7. The number of rotatable bonds is 6. The molecule has 9 nitrogen and oxygen atoms in total. The summed E-state index contributed by atoms with van der Waals surface area (Å²) in [6, 6.07) is 2.58. The minimum atomic E-state index is -2.96. The molecule has 2 aliphatic heterocycles. The highest BCUT2D eigenvalue weighted by molar-refractivity contribution is 9.10. The Kier molecular flexibility index (Phi) is 8.67. The largest absolute Gasteiger partial charge is 0.381 e. The van der Waals surface area contributed by atoms with Gasteiger partial charge in [-0.3, -0.25) is 19.7 Å². The van der Waals surface area contributed by atoms with E-state index >= 15 is 0 Å². The van der Waals surface area contributed by atoms with Crippen molar-refractivity contribution < 1.29 is 28.0 Å². The standard InChI is InChI=1S/C25H33BrF2N4O5/c1-37-19-10-16(13-25(27,28)14-19)23(33)31-9-5-6-18(15-31)29-22-20(11-17(26)12-21(22)32(35)36)24(34)30-7-3-2-4-8-30/h11-12,16,18-19,29H,2-10,13-15H2,1H3/t16?,18-,19?/m1/s1. The molecule has 2 saturated heterocycles. The molecule has 1 aromatic rings. The quantitative estimate of drug-likeness (QED) is 0.378. The third-order valence-electron chi connectivity index (χ3n) is 7.54. The summed E-state index contributed by atoms with van der Waals surface area (Å²) in [5.41, 5.74) is 0.112. The van der Waals surface area contributed by atoms with Crippen molar-refractivity contribution in [2.24, 2.45) is 5.92 Å². The number of carbonyl (C=O) groups is 2. The molecule has 0 spiro atoms. The van der Waals surface area contributed by atoms with E-state index in [1.54, 1.807) is 15.9 Å². The Balaban J connectivity index is 1.54. The molecule has 0 radical (unpaired) electrons. The summed E-state index contributed by atoms with van der Waals surface area (Å²) >= 11 is 3.30. The molecule has 37 heavy (non-hydrogen) atoms. The van der Waals surface area contributed by atoms with Crippen LogP contribution in [0, 0.1) is 16.0 Å². The fourth-order valence-corrected chi connectivity index (χ4v) is 6.16. The summed E-state index contributed by atoms with van der Waals surface area (Å²) < 4.78 is 34.1. The Hall–Kier alpha value is -2.34. The molecule has 2 heterocycles.